The van der Waals surface area contributed by atoms with E-state index in [1.807, 2.05) is 0 Å². The molecule has 2 aromatic heterocycles. The van der Waals surface area contributed by atoms with Gasteiger partial charge in [-0.2, -0.15) is 4.98 Å². The first-order chi connectivity index (χ1) is 9.08. The topological polar surface area (TPSA) is 102 Å². The van der Waals surface area contributed by atoms with Gasteiger partial charge in [-0.3, -0.25) is 9.36 Å². The van der Waals surface area contributed by atoms with Crippen LogP contribution in [0.4, 0.5) is 0 Å². The summed E-state index contributed by atoms with van der Waals surface area (Å²) in [6.45, 7) is 3.11. The number of hydrogen-bond acceptors (Lipinski definition) is 6. The van der Waals surface area contributed by atoms with Crippen molar-refractivity contribution in [1.29, 1.82) is 0 Å². The summed E-state index contributed by atoms with van der Waals surface area (Å²) < 4.78 is 24.2. The van der Waals surface area contributed by atoms with E-state index >= 15 is 0 Å². The van der Waals surface area contributed by atoms with Gasteiger partial charge in [0.2, 0.25) is 15.0 Å². The summed E-state index contributed by atoms with van der Waals surface area (Å²) in [5.74, 6) is 0. The van der Waals surface area contributed by atoms with E-state index < -0.39 is 15.4 Å². The third-order valence-corrected chi connectivity index (χ3v) is 3.44. The number of aliphatic hydroxyl groups is 1. The van der Waals surface area contributed by atoms with E-state index in [1.54, 1.807) is 13.8 Å². The molecular weight excluding hydrogens is 282 g/mol. The average molecular weight is 297 g/mol. The van der Waals surface area contributed by atoms with Crippen molar-refractivity contribution in [1.82, 2.24) is 14.5 Å². The first kappa shape index (κ1) is 14.6. The minimum atomic E-state index is -3.57. The Kier molecular flexibility index (Phi) is 3.39. The lowest BCUT2D eigenvalue weighted by Crippen LogP contribution is -2.33. The molecule has 8 heteroatoms. The van der Waals surface area contributed by atoms with Crippen LogP contribution in [0.5, 0.6) is 0 Å². The third-order valence-electron chi connectivity index (χ3n) is 2.58. The van der Waals surface area contributed by atoms with Crippen LogP contribution in [-0.2, 0) is 16.4 Å². The Balaban J connectivity index is 2.78. The SMILES string of the molecule is CC(C)(O)Cn1c(=O)ccc2cnc(S(C)(=O)=O)nc21. The molecule has 0 amide bonds. The molecule has 2 heterocycles. The molecule has 0 saturated carbocycles. The molecule has 7 nitrogen and oxygen atoms in total. The molecule has 20 heavy (non-hydrogen) atoms. The van der Waals surface area contributed by atoms with Gasteiger partial charge in [0.15, 0.2) is 0 Å². The fraction of sp³-hybridized carbons (Fsp3) is 0.417. The molecule has 0 aliphatic rings. The van der Waals surface area contributed by atoms with Crippen LogP contribution in [0.3, 0.4) is 0 Å². The summed E-state index contributed by atoms with van der Waals surface area (Å²) in [6.07, 6.45) is 2.34. The molecule has 0 aromatic carbocycles. The second-order valence-corrected chi connectivity index (χ2v) is 7.18. The second kappa shape index (κ2) is 4.64. The number of fused-ring (bicyclic) bond motifs is 1. The molecule has 2 aromatic rings. The van der Waals surface area contributed by atoms with Crippen LogP contribution < -0.4 is 5.56 Å². The van der Waals surface area contributed by atoms with Crippen LogP contribution in [0.15, 0.2) is 28.3 Å². The van der Waals surface area contributed by atoms with Crippen LogP contribution in [0, 0.1) is 0 Å². The van der Waals surface area contributed by atoms with Crippen molar-refractivity contribution in [3.8, 4) is 0 Å². The third kappa shape index (κ3) is 3.02. The fourth-order valence-corrected chi connectivity index (χ4v) is 2.27. The van der Waals surface area contributed by atoms with Gasteiger partial charge in [0, 0.05) is 23.9 Å². The zero-order valence-electron chi connectivity index (χ0n) is 11.4. The van der Waals surface area contributed by atoms with Crippen molar-refractivity contribution in [2.45, 2.75) is 31.1 Å². The van der Waals surface area contributed by atoms with Crippen LogP contribution >= 0.6 is 0 Å². The quantitative estimate of drug-likeness (QED) is 0.798. The molecule has 1 N–H and O–H groups in total. The van der Waals surface area contributed by atoms with Crippen LogP contribution in [0.1, 0.15) is 13.8 Å². The minimum absolute atomic E-state index is 0.00336. The molecule has 0 atom stereocenters. The van der Waals surface area contributed by atoms with E-state index in [2.05, 4.69) is 9.97 Å². The predicted octanol–water partition coefficient (Wildman–Crippen LogP) is -0.0341. The van der Waals surface area contributed by atoms with Crippen molar-refractivity contribution in [2.24, 2.45) is 0 Å². The molecule has 0 unspecified atom stereocenters. The monoisotopic (exact) mass is 297 g/mol. The van der Waals surface area contributed by atoms with Gasteiger partial charge in [0.05, 0.1) is 12.1 Å². The smallest absolute Gasteiger partial charge is 0.252 e. The molecule has 0 spiro atoms. The maximum absolute atomic E-state index is 11.9. The number of hydrogen-bond donors (Lipinski definition) is 1. The minimum Gasteiger partial charge on any atom is -0.389 e. The average Bonchev–Trinajstić information content (AvgIpc) is 2.30. The molecule has 0 aliphatic heterocycles. The molecular formula is C12H15N3O4S. The first-order valence-corrected chi connectivity index (χ1v) is 7.76. The summed E-state index contributed by atoms with van der Waals surface area (Å²) in [6, 6.07) is 2.85. The lowest BCUT2D eigenvalue weighted by Gasteiger charge is -2.19. The van der Waals surface area contributed by atoms with E-state index in [0.717, 1.165) is 6.26 Å². The Bertz CT molecular complexity index is 819. The number of pyridine rings is 1. The highest BCUT2D eigenvalue weighted by Crippen LogP contribution is 2.13. The number of nitrogens with zero attached hydrogens (tertiary/aromatic N) is 3. The zero-order chi connectivity index (χ0) is 15.1. The summed E-state index contributed by atoms with van der Waals surface area (Å²) >= 11 is 0. The Morgan fingerprint density at radius 2 is 2.00 bits per heavy atom. The van der Waals surface area contributed by atoms with E-state index in [9.17, 15) is 18.3 Å². The lowest BCUT2D eigenvalue weighted by atomic mass is 10.1. The van der Waals surface area contributed by atoms with Crippen molar-refractivity contribution < 1.29 is 13.5 Å². The Labute approximate surface area is 115 Å². The predicted molar refractivity (Wildman–Crippen MR) is 73.2 cm³/mol. The van der Waals surface area contributed by atoms with Crippen LogP contribution in [0.25, 0.3) is 11.0 Å². The zero-order valence-corrected chi connectivity index (χ0v) is 12.2. The Hall–Kier alpha value is -1.80. The molecule has 0 saturated heterocycles. The van der Waals surface area contributed by atoms with E-state index in [1.165, 1.54) is 22.9 Å². The fourth-order valence-electron chi connectivity index (χ4n) is 1.77. The first-order valence-electron chi connectivity index (χ1n) is 5.87. The van der Waals surface area contributed by atoms with Gasteiger partial charge >= 0.3 is 0 Å². The second-order valence-electron chi connectivity index (χ2n) is 5.27. The molecule has 108 valence electrons. The Morgan fingerprint density at radius 3 is 2.55 bits per heavy atom. The van der Waals surface area contributed by atoms with E-state index in [0.29, 0.717) is 5.39 Å². The number of sulfone groups is 1. The maximum atomic E-state index is 11.9. The molecule has 0 aliphatic carbocycles. The standard InChI is InChI=1S/C12H15N3O4S/c1-12(2,17)7-15-9(16)5-4-8-6-13-11(14-10(8)15)20(3,18)19/h4-6,17H,7H2,1-3H3. The summed E-state index contributed by atoms with van der Waals surface area (Å²) in [4.78, 5) is 19.6. The van der Waals surface area contributed by atoms with Crippen molar-refractivity contribution in [3.05, 3.63) is 28.7 Å². The summed E-state index contributed by atoms with van der Waals surface area (Å²) in [5, 5.41) is 10.0. The molecule has 0 fully saturated rings. The lowest BCUT2D eigenvalue weighted by molar-refractivity contribution is 0.0616. The van der Waals surface area contributed by atoms with Gasteiger partial charge in [0.1, 0.15) is 5.65 Å². The highest BCUT2D eigenvalue weighted by Gasteiger charge is 2.18. The molecule has 0 bridgehead atoms. The molecule has 0 radical (unpaired) electrons. The van der Waals surface area contributed by atoms with Gasteiger partial charge in [-0.1, -0.05) is 0 Å². The van der Waals surface area contributed by atoms with Crippen LogP contribution in [-0.4, -0.2) is 39.9 Å². The number of rotatable bonds is 3. The van der Waals surface area contributed by atoms with Gasteiger partial charge < -0.3 is 5.11 Å². The number of aromatic nitrogens is 3. The maximum Gasteiger partial charge on any atom is 0.252 e. The van der Waals surface area contributed by atoms with Crippen molar-refractivity contribution in [3.63, 3.8) is 0 Å². The van der Waals surface area contributed by atoms with Crippen molar-refractivity contribution >= 4 is 20.9 Å². The van der Waals surface area contributed by atoms with E-state index in [4.69, 9.17) is 0 Å². The van der Waals surface area contributed by atoms with E-state index in [-0.39, 0.29) is 22.9 Å². The summed E-state index contributed by atoms with van der Waals surface area (Å²) in [5.41, 5.74) is -1.30. The molecule has 2 rings (SSSR count). The van der Waals surface area contributed by atoms with Gasteiger partial charge in [-0.25, -0.2) is 13.4 Å². The normalized spacial score (nSPS) is 12.8. The van der Waals surface area contributed by atoms with Gasteiger partial charge in [-0.05, 0) is 19.9 Å². The van der Waals surface area contributed by atoms with Crippen molar-refractivity contribution in [2.75, 3.05) is 6.26 Å². The largest absolute Gasteiger partial charge is 0.389 e. The highest BCUT2D eigenvalue weighted by atomic mass is 32.2. The van der Waals surface area contributed by atoms with Gasteiger partial charge in [0.25, 0.3) is 5.56 Å². The Morgan fingerprint density at radius 1 is 1.35 bits per heavy atom. The van der Waals surface area contributed by atoms with Gasteiger partial charge in [-0.15, -0.1) is 0 Å². The summed E-state index contributed by atoms with van der Waals surface area (Å²) in [7, 11) is -3.57. The highest BCUT2D eigenvalue weighted by molar-refractivity contribution is 7.90. The van der Waals surface area contributed by atoms with Crippen LogP contribution in [0.2, 0.25) is 0 Å².